The maximum atomic E-state index is 13.0. The third-order valence-electron chi connectivity index (χ3n) is 4.99. The molecule has 1 atom stereocenters. The van der Waals surface area contributed by atoms with E-state index in [1.165, 1.54) is 7.11 Å². The van der Waals surface area contributed by atoms with E-state index in [0.717, 1.165) is 17.7 Å². The van der Waals surface area contributed by atoms with Crippen LogP contribution >= 0.6 is 0 Å². The molecule has 0 aliphatic carbocycles. The van der Waals surface area contributed by atoms with Crippen LogP contribution in [0.5, 0.6) is 11.5 Å². The van der Waals surface area contributed by atoms with Gasteiger partial charge in [0, 0.05) is 24.3 Å². The summed E-state index contributed by atoms with van der Waals surface area (Å²) in [5, 5.41) is 7.96. The molecule has 3 N–H and O–H groups in total. The molecule has 35 heavy (non-hydrogen) atoms. The molecule has 0 unspecified atom stereocenters. The monoisotopic (exact) mass is 483 g/mol. The Hall–Kier alpha value is -4.34. The number of ether oxygens (including phenoxy) is 3. The molecule has 3 amide bonds. The summed E-state index contributed by atoms with van der Waals surface area (Å²) in [4.78, 5) is 47.7. The van der Waals surface area contributed by atoms with E-state index in [1.54, 1.807) is 50.6 Å². The summed E-state index contributed by atoms with van der Waals surface area (Å²) in [5.41, 5.74) is 1.85. The molecule has 2 aromatic carbocycles. The Kier molecular flexibility index (Phi) is 10.3. The Morgan fingerprint density at radius 1 is 0.914 bits per heavy atom. The van der Waals surface area contributed by atoms with Crippen LogP contribution < -0.4 is 25.4 Å². The van der Waals surface area contributed by atoms with Crippen molar-refractivity contribution in [3.63, 3.8) is 0 Å². The van der Waals surface area contributed by atoms with Crippen molar-refractivity contribution in [1.29, 1.82) is 0 Å². The van der Waals surface area contributed by atoms with Crippen LogP contribution in [0.2, 0.25) is 0 Å². The van der Waals surface area contributed by atoms with Crippen molar-refractivity contribution < 1.29 is 33.4 Å². The highest BCUT2D eigenvalue weighted by atomic mass is 16.5. The number of carbonyl (C=O) groups excluding carboxylic acids is 4. The Labute approximate surface area is 203 Å². The number of benzene rings is 2. The van der Waals surface area contributed by atoms with Gasteiger partial charge in [-0.05, 0) is 36.2 Å². The molecule has 10 nitrogen and oxygen atoms in total. The minimum atomic E-state index is -0.681. The Morgan fingerprint density at radius 2 is 1.63 bits per heavy atom. The number of hydrogen-bond donors (Lipinski definition) is 3. The van der Waals surface area contributed by atoms with Gasteiger partial charge in [0.25, 0.3) is 5.91 Å². The number of carbonyl (C=O) groups is 4. The first kappa shape index (κ1) is 26.9. The molecule has 2 aromatic rings. The molecule has 0 radical (unpaired) electrons. The zero-order valence-corrected chi connectivity index (χ0v) is 20.0. The van der Waals surface area contributed by atoms with Crippen molar-refractivity contribution in [2.75, 3.05) is 27.9 Å². The fraction of sp³-hybridized carbons (Fsp3) is 0.280. The lowest BCUT2D eigenvalue weighted by Crippen LogP contribution is -2.36. The van der Waals surface area contributed by atoms with Crippen molar-refractivity contribution in [1.82, 2.24) is 16.0 Å². The summed E-state index contributed by atoms with van der Waals surface area (Å²) in [6.45, 7) is 1.64. The van der Waals surface area contributed by atoms with Gasteiger partial charge in [0.2, 0.25) is 11.8 Å². The number of rotatable bonds is 11. The number of amides is 3. The first-order valence-electron chi connectivity index (χ1n) is 10.7. The van der Waals surface area contributed by atoms with Crippen molar-refractivity contribution in [3.05, 3.63) is 71.3 Å². The third-order valence-corrected chi connectivity index (χ3v) is 4.99. The standard InChI is InChI=1S/C25H29N3O7/c1-16(17-9-10-20(33-2)21(13-17)34-3)28-25(32)19-8-6-5-7-18(19)14-26-23(30)15-27-22(29)11-12-24(31)35-4/h5-13,16H,14-15H2,1-4H3,(H,26,30)(H,27,29)(H,28,32)/b12-11-/t16-/m1/s1. The Morgan fingerprint density at radius 3 is 2.31 bits per heavy atom. The minimum absolute atomic E-state index is 0.0844. The summed E-state index contributed by atoms with van der Waals surface area (Å²) in [5.74, 6) is -0.917. The van der Waals surface area contributed by atoms with E-state index in [1.807, 2.05) is 13.0 Å². The Balaban J connectivity index is 1.96. The lowest BCUT2D eigenvalue weighted by molar-refractivity contribution is -0.135. The highest BCUT2D eigenvalue weighted by molar-refractivity contribution is 5.97. The average molecular weight is 484 g/mol. The minimum Gasteiger partial charge on any atom is -0.493 e. The second-order valence-electron chi connectivity index (χ2n) is 7.32. The molecule has 0 saturated carbocycles. The number of nitrogens with one attached hydrogen (secondary N) is 3. The number of methoxy groups -OCH3 is 3. The molecule has 0 aliphatic heterocycles. The highest BCUT2D eigenvalue weighted by Crippen LogP contribution is 2.30. The van der Waals surface area contributed by atoms with Crippen LogP contribution in [0.1, 0.15) is 34.5 Å². The van der Waals surface area contributed by atoms with Crippen molar-refractivity contribution in [2.45, 2.75) is 19.5 Å². The van der Waals surface area contributed by atoms with E-state index < -0.39 is 17.8 Å². The van der Waals surface area contributed by atoms with Gasteiger partial charge < -0.3 is 30.2 Å². The largest absolute Gasteiger partial charge is 0.493 e. The Bertz CT molecular complexity index is 1100. The second-order valence-corrected chi connectivity index (χ2v) is 7.32. The summed E-state index contributed by atoms with van der Waals surface area (Å²) in [6, 6.07) is 12.0. The smallest absolute Gasteiger partial charge is 0.330 e. The maximum Gasteiger partial charge on any atom is 0.330 e. The molecule has 10 heteroatoms. The fourth-order valence-electron chi connectivity index (χ4n) is 3.07. The average Bonchev–Trinajstić information content (AvgIpc) is 2.88. The summed E-state index contributed by atoms with van der Waals surface area (Å²) in [6.07, 6.45) is 1.92. The topological polar surface area (TPSA) is 132 Å². The highest BCUT2D eigenvalue weighted by Gasteiger charge is 2.16. The van der Waals surface area contributed by atoms with Crippen molar-refractivity contribution >= 4 is 23.7 Å². The normalized spacial score (nSPS) is 11.3. The van der Waals surface area contributed by atoms with Crippen LogP contribution in [0.25, 0.3) is 0 Å². The van der Waals surface area contributed by atoms with Gasteiger partial charge in [0.1, 0.15) is 0 Å². The van der Waals surface area contributed by atoms with E-state index in [2.05, 4.69) is 20.7 Å². The molecule has 0 fully saturated rings. The van der Waals surface area contributed by atoms with Gasteiger partial charge in [0.05, 0.1) is 33.9 Å². The van der Waals surface area contributed by atoms with Gasteiger partial charge in [-0.3, -0.25) is 14.4 Å². The van der Waals surface area contributed by atoms with Gasteiger partial charge >= 0.3 is 5.97 Å². The van der Waals surface area contributed by atoms with Gasteiger partial charge in [-0.2, -0.15) is 0 Å². The number of hydrogen-bond acceptors (Lipinski definition) is 7. The molecule has 0 heterocycles. The summed E-state index contributed by atoms with van der Waals surface area (Å²) < 4.78 is 15.0. The molecular weight excluding hydrogens is 454 g/mol. The van der Waals surface area contributed by atoms with E-state index in [-0.39, 0.29) is 25.0 Å². The zero-order chi connectivity index (χ0) is 25.8. The molecule has 0 aliphatic rings. The predicted molar refractivity (Wildman–Crippen MR) is 128 cm³/mol. The van der Waals surface area contributed by atoms with Gasteiger partial charge in [-0.15, -0.1) is 0 Å². The SMILES string of the molecule is COC(=O)/C=C\C(=O)NCC(=O)NCc1ccccc1C(=O)N[C@H](C)c1ccc(OC)c(OC)c1. The van der Waals surface area contributed by atoms with E-state index >= 15 is 0 Å². The second kappa shape index (κ2) is 13.4. The summed E-state index contributed by atoms with van der Waals surface area (Å²) in [7, 11) is 4.28. The molecule has 0 aromatic heterocycles. The molecular formula is C25H29N3O7. The molecule has 0 saturated heterocycles. The van der Waals surface area contributed by atoms with Crippen LogP contribution in [0, 0.1) is 0 Å². The van der Waals surface area contributed by atoms with E-state index in [4.69, 9.17) is 9.47 Å². The van der Waals surface area contributed by atoms with Crippen molar-refractivity contribution in [3.8, 4) is 11.5 Å². The first-order valence-corrected chi connectivity index (χ1v) is 10.7. The first-order chi connectivity index (χ1) is 16.8. The third kappa shape index (κ3) is 8.18. The van der Waals surface area contributed by atoms with Gasteiger partial charge in [-0.25, -0.2) is 4.79 Å². The summed E-state index contributed by atoms with van der Waals surface area (Å²) >= 11 is 0. The fourth-order valence-corrected chi connectivity index (χ4v) is 3.07. The van der Waals surface area contributed by atoms with Crippen LogP contribution in [-0.4, -0.2) is 51.6 Å². The number of esters is 1. The quantitative estimate of drug-likeness (QED) is 0.327. The van der Waals surface area contributed by atoms with E-state index in [9.17, 15) is 19.2 Å². The predicted octanol–water partition coefficient (Wildman–Crippen LogP) is 1.66. The molecule has 2 rings (SSSR count). The maximum absolute atomic E-state index is 13.0. The molecule has 186 valence electrons. The lowest BCUT2D eigenvalue weighted by atomic mass is 10.0. The van der Waals surface area contributed by atoms with Crippen molar-refractivity contribution in [2.24, 2.45) is 0 Å². The van der Waals surface area contributed by atoms with Crippen LogP contribution in [0.15, 0.2) is 54.6 Å². The van der Waals surface area contributed by atoms with Crippen LogP contribution in [-0.2, 0) is 25.7 Å². The van der Waals surface area contributed by atoms with Crippen LogP contribution in [0.3, 0.4) is 0 Å². The lowest BCUT2D eigenvalue weighted by Gasteiger charge is -2.18. The zero-order valence-electron chi connectivity index (χ0n) is 20.0. The van der Waals surface area contributed by atoms with E-state index in [0.29, 0.717) is 22.6 Å². The van der Waals surface area contributed by atoms with Gasteiger partial charge in [0.15, 0.2) is 11.5 Å². The molecule has 0 bridgehead atoms. The van der Waals surface area contributed by atoms with Gasteiger partial charge in [-0.1, -0.05) is 24.3 Å². The van der Waals surface area contributed by atoms with Crippen LogP contribution in [0.4, 0.5) is 0 Å². The molecule has 0 spiro atoms.